The zero-order chi connectivity index (χ0) is 26.1. The number of rotatable bonds is 6. The number of carbonyl (C=O) groups excluding carboxylic acids is 2. The molecule has 0 aliphatic carbocycles. The highest BCUT2D eigenvalue weighted by Gasteiger charge is 2.44. The summed E-state index contributed by atoms with van der Waals surface area (Å²) in [5.74, 6) is -0.360. The molecule has 7 N–H and O–H groups in total. The maximum Gasteiger partial charge on any atom is 0.262 e. The normalized spacial score (nSPS) is 23.4. The lowest BCUT2D eigenvalue weighted by molar-refractivity contribution is -0.253. The molecule has 1 aliphatic rings. The number of ether oxygens (including phenoxy) is 2. The average molecular weight is 537 g/mol. The first-order chi connectivity index (χ1) is 17.2. The Morgan fingerprint density at radius 2 is 1.78 bits per heavy atom. The second-order valence-electron chi connectivity index (χ2n) is 8.59. The van der Waals surface area contributed by atoms with E-state index >= 15 is 0 Å². The number of aliphatic hydroxyl groups is 4. The monoisotopic (exact) mass is 536 g/mol. The topological polar surface area (TPSA) is 182 Å². The number of benzene rings is 2. The molecule has 1 amide bonds. The zero-order valence-corrected chi connectivity index (χ0v) is 20.8. The molecule has 5 atom stereocenters. The third-order valence-electron chi connectivity index (χ3n) is 6.40. The smallest absolute Gasteiger partial charge is 0.262 e. The summed E-state index contributed by atoms with van der Waals surface area (Å²) < 4.78 is 11.9. The molecule has 2 heterocycles. The number of aromatic nitrogens is 1. The summed E-state index contributed by atoms with van der Waals surface area (Å²) in [7, 11) is 1.51. The minimum atomic E-state index is -1.64. The SMILES string of the molecule is COc1ccc2c(c1)c(CC(=O)N[C@H]1C(O)O[C@H](CO)[C@@H](O)[C@@H]1O)c(C)n2C(=O)c1ccc(Cl)cc1.O. The molecule has 37 heavy (non-hydrogen) atoms. The number of nitrogens with one attached hydrogen (secondary N) is 1. The quantitative estimate of drug-likeness (QED) is 0.290. The molecule has 1 aromatic heterocycles. The highest BCUT2D eigenvalue weighted by atomic mass is 35.5. The molecule has 11 nitrogen and oxygen atoms in total. The highest BCUT2D eigenvalue weighted by molar-refractivity contribution is 6.30. The van der Waals surface area contributed by atoms with E-state index < -0.39 is 43.2 Å². The van der Waals surface area contributed by atoms with Crippen LogP contribution < -0.4 is 10.1 Å². The number of amides is 1. The van der Waals surface area contributed by atoms with Gasteiger partial charge in [-0.15, -0.1) is 0 Å². The fourth-order valence-corrected chi connectivity index (χ4v) is 4.57. The van der Waals surface area contributed by atoms with Crippen molar-refractivity contribution in [1.82, 2.24) is 9.88 Å². The van der Waals surface area contributed by atoms with Crippen molar-refractivity contribution in [2.45, 2.75) is 44.0 Å². The largest absolute Gasteiger partial charge is 0.497 e. The average Bonchev–Trinajstić information content (AvgIpc) is 3.14. The van der Waals surface area contributed by atoms with Crippen LogP contribution in [0.2, 0.25) is 5.02 Å². The van der Waals surface area contributed by atoms with E-state index in [-0.39, 0.29) is 17.8 Å². The summed E-state index contributed by atoms with van der Waals surface area (Å²) in [6.07, 6.45) is -6.10. The number of carbonyl (C=O) groups is 2. The van der Waals surface area contributed by atoms with Gasteiger partial charge in [-0.05, 0) is 55.0 Å². The lowest BCUT2D eigenvalue weighted by Gasteiger charge is -2.40. The Morgan fingerprint density at radius 1 is 1.11 bits per heavy atom. The van der Waals surface area contributed by atoms with E-state index in [0.717, 1.165) is 0 Å². The molecule has 0 saturated carbocycles. The Balaban J connectivity index is 0.00000380. The van der Waals surface area contributed by atoms with Crippen LogP contribution in [0.3, 0.4) is 0 Å². The van der Waals surface area contributed by atoms with Gasteiger partial charge in [-0.2, -0.15) is 0 Å². The predicted octanol–water partition coefficient (Wildman–Crippen LogP) is -0.0659. The number of fused-ring (bicyclic) bond motifs is 1. The van der Waals surface area contributed by atoms with Crippen LogP contribution in [0.25, 0.3) is 10.9 Å². The second-order valence-corrected chi connectivity index (χ2v) is 9.03. The molecular formula is C25H29ClN2O9. The number of aliphatic hydroxyl groups excluding tert-OH is 4. The number of hydrogen-bond donors (Lipinski definition) is 5. The minimum Gasteiger partial charge on any atom is -0.497 e. The maximum absolute atomic E-state index is 13.4. The molecule has 0 radical (unpaired) electrons. The first-order valence-corrected chi connectivity index (χ1v) is 11.6. The van der Waals surface area contributed by atoms with Gasteiger partial charge < -0.3 is 40.7 Å². The van der Waals surface area contributed by atoms with Crippen molar-refractivity contribution in [2.24, 2.45) is 0 Å². The van der Waals surface area contributed by atoms with Gasteiger partial charge >= 0.3 is 0 Å². The predicted molar refractivity (Wildman–Crippen MR) is 134 cm³/mol. The molecule has 4 rings (SSSR count). The third kappa shape index (κ3) is 5.48. The van der Waals surface area contributed by atoms with E-state index in [9.17, 15) is 30.0 Å². The lowest BCUT2D eigenvalue weighted by Crippen LogP contribution is -2.64. The minimum absolute atomic E-state index is 0. The molecule has 0 bridgehead atoms. The van der Waals surface area contributed by atoms with Gasteiger partial charge in [-0.3, -0.25) is 14.2 Å². The summed E-state index contributed by atoms with van der Waals surface area (Å²) >= 11 is 5.96. The van der Waals surface area contributed by atoms with Crippen LogP contribution in [0.4, 0.5) is 0 Å². The van der Waals surface area contributed by atoms with Gasteiger partial charge in [0.15, 0.2) is 6.29 Å². The van der Waals surface area contributed by atoms with Crippen molar-refractivity contribution >= 4 is 34.3 Å². The molecule has 1 fully saturated rings. The van der Waals surface area contributed by atoms with Crippen molar-refractivity contribution in [3.05, 3.63) is 64.3 Å². The Kier molecular flexibility index (Phi) is 8.92. The third-order valence-corrected chi connectivity index (χ3v) is 6.65. The molecule has 3 aromatic rings. The Labute approximate surface area is 217 Å². The van der Waals surface area contributed by atoms with Crippen LogP contribution in [-0.2, 0) is 16.0 Å². The lowest BCUT2D eigenvalue weighted by atomic mass is 9.96. The first kappa shape index (κ1) is 28.5. The van der Waals surface area contributed by atoms with Crippen molar-refractivity contribution in [3.8, 4) is 5.75 Å². The van der Waals surface area contributed by atoms with Gasteiger partial charge in [0.2, 0.25) is 5.91 Å². The molecule has 2 aromatic carbocycles. The summed E-state index contributed by atoms with van der Waals surface area (Å²) in [4.78, 5) is 26.4. The van der Waals surface area contributed by atoms with Crippen molar-refractivity contribution < 1.29 is 45.0 Å². The van der Waals surface area contributed by atoms with Crippen molar-refractivity contribution in [1.29, 1.82) is 0 Å². The van der Waals surface area contributed by atoms with Crippen molar-refractivity contribution in [3.63, 3.8) is 0 Å². The standard InChI is InChI=1S/C25H27ClN2O8.H2O/c1-12-16(10-20(30)27-21-23(32)22(31)19(11-29)36-25(21)34)17-9-15(35-2)7-8-18(17)28(12)24(33)13-3-5-14(26)6-4-13;/h3-9,19,21-23,25,29,31-32,34H,10-11H2,1-2H3,(H,27,30);1H2/t19-,21-,22-,23-,25?;/m1./s1. The maximum atomic E-state index is 13.4. The second kappa shape index (κ2) is 11.6. The molecule has 1 saturated heterocycles. The summed E-state index contributed by atoms with van der Waals surface area (Å²) in [6, 6.07) is 10.3. The number of methoxy groups -OCH3 is 1. The molecule has 200 valence electrons. The van der Waals surface area contributed by atoms with Gasteiger partial charge in [0.1, 0.15) is 30.1 Å². The van der Waals surface area contributed by atoms with Crippen LogP contribution in [0, 0.1) is 6.92 Å². The van der Waals surface area contributed by atoms with E-state index in [4.69, 9.17) is 21.1 Å². The number of halogens is 1. The van der Waals surface area contributed by atoms with Gasteiger partial charge in [0, 0.05) is 21.7 Å². The van der Waals surface area contributed by atoms with Gasteiger partial charge in [0.25, 0.3) is 5.91 Å². The highest BCUT2D eigenvalue weighted by Crippen LogP contribution is 2.31. The molecule has 0 spiro atoms. The van der Waals surface area contributed by atoms with Crippen LogP contribution in [0.1, 0.15) is 21.6 Å². The van der Waals surface area contributed by atoms with Crippen LogP contribution in [0.5, 0.6) is 5.75 Å². The Morgan fingerprint density at radius 3 is 2.41 bits per heavy atom. The number of hydrogen-bond acceptors (Lipinski definition) is 8. The fourth-order valence-electron chi connectivity index (χ4n) is 4.45. The molecule has 1 unspecified atom stereocenters. The van der Waals surface area contributed by atoms with E-state index in [2.05, 4.69) is 5.32 Å². The fraction of sp³-hybridized carbons (Fsp3) is 0.360. The van der Waals surface area contributed by atoms with E-state index in [1.807, 2.05) is 0 Å². The van der Waals surface area contributed by atoms with Crippen LogP contribution >= 0.6 is 11.6 Å². The van der Waals surface area contributed by atoms with Crippen molar-refractivity contribution in [2.75, 3.05) is 13.7 Å². The summed E-state index contributed by atoms with van der Waals surface area (Å²) in [5, 5.41) is 43.5. The molecule has 1 aliphatic heterocycles. The first-order valence-electron chi connectivity index (χ1n) is 11.2. The van der Waals surface area contributed by atoms with Gasteiger partial charge in [0.05, 0.1) is 25.7 Å². The van der Waals surface area contributed by atoms with Gasteiger partial charge in [-0.25, -0.2) is 0 Å². The Bertz CT molecular complexity index is 1280. The van der Waals surface area contributed by atoms with E-state index in [0.29, 0.717) is 38.5 Å². The van der Waals surface area contributed by atoms with Gasteiger partial charge in [-0.1, -0.05) is 11.6 Å². The zero-order valence-electron chi connectivity index (χ0n) is 20.1. The molecular weight excluding hydrogens is 508 g/mol. The summed E-state index contributed by atoms with van der Waals surface area (Å²) in [5.41, 5.74) is 2.04. The summed E-state index contributed by atoms with van der Waals surface area (Å²) in [6.45, 7) is 1.10. The molecule has 12 heteroatoms. The van der Waals surface area contributed by atoms with E-state index in [1.54, 1.807) is 49.4 Å². The van der Waals surface area contributed by atoms with E-state index in [1.165, 1.54) is 11.7 Å². The number of nitrogens with zero attached hydrogens (tertiary/aromatic N) is 1. The van der Waals surface area contributed by atoms with Crippen LogP contribution in [-0.4, -0.2) is 86.6 Å². The Hall–Kier alpha value is -3.03. The van der Waals surface area contributed by atoms with Crippen LogP contribution in [0.15, 0.2) is 42.5 Å².